The average molecular weight is 271 g/mol. The van der Waals surface area contributed by atoms with Crippen LogP contribution in [0.25, 0.3) is 0 Å². The van der Waals surface area contributed by atoms with Crippen LogP contribution in [0.4, 0.5) is 0 Å². The molecular formula is C14H29N3O2. The predicted molar refractivity (Wildman–Crippen MR) is 77.3 cm³/mol. The summed E-state index contributed by atoms with van der Waals surface area (Å²) < 4.78 is 0. The van der Waals surface area contributed by atoms with Crippen LogP contribution in [0.5, 0.6) is 0 Å². The summed E-state index contributed by atoms with van der Waals surface area (Å²) in [5.41, 5.74) is 10.2. The first-order valence-corrected chi connectivity index (χ1v) is 6.97. The lowest BCUT2D eigenvalue weighted by Crippen LogP contribution is -2.46. The van der Waals surface area contributed by atoms with Gasteiger partial charge in [-0.2, -0.15) is 0 Å². The van der Waals surface area contributed by atoms with Crippen molar-refractivity contribution in [3.05, 3.63) is 0 Å². The summed E-state index contributed by atoms with van der Waals surface area (Å²) >= 11 is 0. The maximum absolute atomic E-state index is 11.9. The van der Waals surface area contributed by atoms with E-state index in [1.165, 1.54) is 0 Å². The van der Waals surface area contributed by atoms with Crippen LogP contribution in [0.1, 0.15) is 53.4 Å². The Labute approximate surface area is 116 Å². The molecule has 0 aliphatic rings. The highest BCUT2D eigenvalue weighted by molar-refractivity contribution is 5.79. The molecule has 1 atom stereocenters. The lowest BCUT2D eigenvalue weighted by atomic mass is 9.88. The smallest absolute Gasteiger partial charge is 0.220 e. The Bertz CT molecular complexity index is 301. The molecule has 112 valence electrons. The zero-order chi connectivity index (χ0) is 15.1. The largest absolute Gasteiger partial charge is 0.370 e. The summed E-state index contributed by atoms with van der Waals surface area (Å²) in [6.45, 7) is 8.55. The topological polar surface area (TPSA) is 98.2 Å². The van der Waals surface area contributed by atoms with Crippen molar-refractivity contribution in [1.82, 2.24) is 5.32 Å². The van der Waals surface area contributed by atoms with Gasteiger partial charge in [0.1, 0.15) is 0 Å². The number of carbonyl (C=O) groups excluding carboxylic acids is 2. The number of amides is 2. The van der Waals surface area contributed by atoms with Gasteiger partial charge in [-0.1, -0.05) is 13.8 Å². The molecule has 0 rings (SSSR count). The number of hydrogen-bond donors (Lipinski definition) is 3. The summed E-state index contributed by atoms with van der Waals surface area (Å²) in [4.78, 5) is 22.8. The maximum Gasteiger partial charge on any atom is 0.220 e. The Hall–Kier alpha value is -1.10. The van der Waals surface area contributed by atoms with Crippen molar-refractivity contribution in [3.63, 3.8) is 0 Å². The van der Waals surface area contributed by atoms with E-state index in [9.17, 15) is 9.59 Å². The van der Waals surface area contributed by atoms with E-state index < -0.39 is 11.4 Å². The summed E-state index contributed by atoms with van der Waals surface area (Å²) in [6, 6.07) is 0. The van der Waals surface area contributed by atoms with Gasteiger partial charge in [-0.3, -0.25) is 9.59 Å². The van der Waals surface area contributed by atoms with Crippen LogP contribution in [-0.4, -0.2) is 23.9 Å². The molecule has 2 amide bonds. The van der Waals surface area contributed by atoms with E-state index in [0.717, 1.165) is 12.8 Å². The molecule has 5 nitrogen and oxygen atoms in total. The quantitative estimate of drug-likeness (QED) is 0.587. The molecule has 0 aromatic rings. The van der Waals surface area contributed by atoms with Crippen molar-refractivity contribution in [2.45, 2.75) is 58.9 Å². The van der Waals surface area contributed by atoms with Gasteiger partial charge in [0.25, 0.3) is 0 Å². The molecule has 0 aliphatic heterocycles. The van der Waals surface area contributed by atoms with Crippen molar-refractivity contribution in [2.24, 2.45) is 23.3 Å². The number of nitrogens with one attached hydrogen (secondary N) is 1. The molecule has 1 unspecified atom stereocenters. The van der Waals surface area contributed by atoms with Gasteiger partial charge in [0.2, 0.25) is 11.8 Å². The molecule has 0 fully saturated rings. The molecule has 0 heterocycles. The highest BCUT2D eigenvalue weighted by Crippen LogP contribution is 2.20. The molecule has 19 heavy (non-hydrogen) atoms. The SMILES string of the molecule is CC(C)C(CCN)CCC(=O)NC(C)(C)CC(N)=O. The second-order valence-corrected chi connectivity index (χ2v) is 6.20. The third-order valence-corrected chi connectivity index (χ3v) is 3.32. The predicted octanol–water partition coefficient (Wildman–Crippen LogP) is 1.16. The summed E-state index contributed by atoms with van der Waals surface area (Å²) in [5, 5.41) is 2.85. The number of primary amides is 1. The molecule has 0 radical (unpaired) electrons. The zero-order valence-electron chi connectivity index (χ0n) is 12.7. The van der Waals surface area contributed by atoms with Crippen LogP contribution >= 0.6 is 0 Å². The van der Waals surface area contributed by atoms with E-state index in [2.05, 4.69) is 19.2 Å². The van der Waals surface area contributed by atoms with Crippen molar-refractivity contribution in [1.29, 1.82) is 0 Å². The third-order valence-electron chi connectivity index (χ3n) is 3.32. The molecule has 0 bridgehead atoms. The van der Waals surface area contributed by atoms with Crippen molar-refractivity contribution in [3.8, 4) is 0 Å². The number of carbonyl (C=O) groups is 2. The van der Waals surface area contributed by atoms with Crippen molar-refractivity contribution >= 4 is 11.8 Å². The standard InChI is InChI=1S/C14H29N3O2/c1-10(2)11(7-8-15)5-6-13(19)17-14(3,4)9-12(16)18/h10-11H,5-9,15H2,1-4H3,(H2,16,18)(H,17,19). The highest BCUT2D eigenvalue weighted by atomic mass is 16.2. The van der Waals surface area contributed by atoms with Gasteiger partial charge in [0, 0.05) is 18.4 Å². The summed E-state index contributed by atoms with van der Waals surface area (Å²) in [5.74, 6) is 0.549. The Balaban J connectivity index is 4.20. The van der Waals surface area contributed by atoms with Crippen LogP contribution in [0.2, 0.25) is 0 Å². The van der Waals surface area contributed by atoms with Crippen LogP contribution < -0.4 is 16.8 Å². The maximum atomic E-state index is 11.9. The van der Waals surface area contributed by atoms with E-state index in [-0.39, 0.29) is 12.3 Å². The Morgan fingerprint density at radius 1 is 1.21 bits per heavy atom. The van der Waals surface area contributed by atoms with Crippen molar-refractivity contribution in [2.75, 3.05) is 6.54 Å². The first-order chi connectivity index (χ1) is 8.68. The minimum Gasteiger partial charge on any atom is -0.370 e. The van der Waals surface area contributed by atoms with Gasteiger partial charge in [-0.05, 0) is 45.1 Å². The van der Waals surface area contributed by atoms with E-state index in [1.54, 1.807) is 13.8 Å². The fraction of sp³-hybridized carbons (Fsp3) is 0.857. The molecular weight excluding hydrogens is 242 g/mol. The highest BCUT2D eigenvalue weighted by Gasteiger charge is 2.23. The second-order valence-electron chi connectivity index (χ2n) is 6.20. The lowest BCUT2D eigenvalue weighted by molar-refractivity contribution is -0.124. The van der Waals surface area contributed by atoms with Crippen LogP contribution in [-0.2, 0) is 9.59 Å². The Morgan fingerprint density at radius 3 is 2.21 bits per heavy atom. The van der Waals surface area contributed by atoms with Gasteiger partial charge < -0.3 is 16.8 Å². The van der Waals surface area contributed by atoms with Gasteiger partial charge in [0.05, 0.1) is 0 Å². The normalized spacial score (nSPS) is 13.4. The summed E-state index contributed by atoms with van der Waals surface area (Å²) in [6.07, 6.45) is 2.38. The summed E-state index contributed by atoms with van der Waals surface area (Å²) in [7, 11) is 0. The lowest BCUT2D eigenvalue weighted by Gasteiger charge is -2.26. The Kier molecular flexibility index (Phi) is 7.68. The van der Waals surface area contributed by atoms with Crippen LogP contribution in [0.3, 0.4) is 0 Å². The third kappa shape index (κ3) is 8.59. The molecule has 0 saturated heterocycles. The van der Waals surface area contributed by atoms with Crippen LogP contribution in [0.15, 0.2) is 0 Å². The minimum absolute atomic E-state index is 0.0334. The number of nitrogens with two attached hydrogens (primary N) is 2. The fourth-order valence-electron chi connectivity index (χ4n) is 2.26. The van der Waals surface area contributed by atoms with Crippen LogP contribution in [0, 0.1) is 11.8 Å². The number of hydrogen-bond acceptors (Lipinski definition) is 3. The molecule has 0 aromatic carbocycles. The molecule has 5 heteroatoms. The first kappa shape index (κ1) is 17.9. The van der Waals surface area contributed by atoms with E-state index in [4.69, 9.17) is 11.5 Å². The second kappa shape index (κ2) is 8.15. The van der Waals surface area contributed by atoms with Gasteiger partial charge >= 0.3 is 0 Å². The molecule has 0 aliphatic carbocycles. The van der Waals surface area contributed by atoms with Crippen molar-refractivity contribution < 1.29 is 9.59 Å². The van der Waals surface area contributed by atoms with E-state index in [1.807, 2.05) is 0 Å². The molecule has 5 N–H and O–H groups in total. The van der Waals surface area contributed by atoms with E-state index >= 15 is 0 Å². The van der Waals surface area contributed by atoms with Gasteiger partial charge in [0.15, 0.2) is 0 Å². The fourth-order valence-corrected chi connectivity index (χ4v) is 2.26. The van der Waals surface area contributed by atoms with Gasteiger partial charge in [-0.15, -0.1) is 0 Å². The first-order valence-electron chi connectivity index (χ1n) is 6.97. The van der Waals surface area contributed by atoms with E-state index in [0.29, 0.717) is 24.8 Å². The Morgan fingerprint density at radius 2 is 1.79 bits per heavy atom. The molecule has 0 aromatic heterocycles. The average Bonchev–Trinajstić information content (AvgIpc) is 2.20. The zero-order valence-corrected chi connectivity index (χ0v) is 12.7. The molecule has 0 spiro atoms. The number of rotatable bonds is 9. The molecule has 0 saturated carbocycles. The monoisotopic (exact) mass is 271 g/mol. The minimum atomic E-state index is -0.579. The van der Waals surface area contributed by atoms with Gasteiger partial charge in [-0.25, -0.2) is 0 Å².